The molecule has 0 aromatic carbocycles. The van der Waals surface area contributed by atoms with E-state index in [2.05, 4.69) is 16.4 Å². The van der Waals surface area contributed by atoms with Gasteiger partial charge in [0.2, 0.25) is 17.4 Å². The lowest BCUT2D eigenvalue weighted by Gasteiger charge is -2.39. The van der Waals surface area contributed by atoms with Crippen LogP contribution in [0.3, 0.4) is 0 Å². The topological polar surface area (TPSA) is 145 Å². The number of likely N-dealkylation sites (tertiary alicyclic amines) is 2. The van der Waals surface area contributed by atoms with Gasteiger partial charge in [0.05, 0.1) is 17.6 Å². The lowest BCUT2D eigenvalue weighted by atomic mass is 9.77. The van der Waals surface area contributed by atoms with E-state index in [0.29, 0.717) is 6.42 Å². The highest BCUT2D eigenvalue weighted by Crippen LogP contribution is 2.59. The number of rotatable bonds is 4. The Morgan fingerprint density at radius 1 is 1.24 bits per heavy atom. The smallest absolute Gasteiger partial charge is 0.399 e. The number of ether oxygens (including phenoxy) is 1. The SMILES string of the molecule is CC(C)(C)[C@H](NC(=O)C(F)(F)Cl)C(=O)N1C[C@@H]2[C@H]3C[C@@H]([C@@H]2[C@H]1C(=O)N1C[C@@]2(C[C@H]1C#N)Oc1cc(Cl)cnc1NC2=O)[C@H](F)C3. The predicted molar refractivity (Wildman–Crippen MR) is 153 cm³/mol. The highest BCUT2D eigenvalue weighted by atomic mass is 35.5. The number of amides is 4. The number of alkyl halides is 4. The van der Waals surface area contributed by atoms with E-state index in [4.69, 9.17) is 27.9 Å². The standard InChI is InChI=1S/C29H31Cl2F3N6O5/c1-27(2,3)21(37-26(44)29(31,33)34)24(42)39-10-16-12-4-15(17(32)5-12)19(16)20(39)23(41)40-11-28(7-14(40)8-35)25(43)38-22-18(45-28)6-13(30)9-36-22/h6,9,12,14-17,19-21H,4-5,7,10-11H2,1-3H3,(H,37,44)(H,36,38,43)/t12-,14-,15+,16+,17+,19-,20-,21+,28+/m0/s1. The first kappa shape index (κ1) is 31.7. The minimum atomic E-state index is -4.29. The molecule has 2 saturated heterocycles. The molecule has 242 valence electrons. The summed E-state index contributed by atoms with van der Waals surface area (Å²) in [5.41, 5.74) is -2.77. The molecule has 2 bridgehead atoms. The lowest BCUT2D eigenvalue weighted by molar-refractivity contribution is -0.151. The monoisotopic (exact) mass is 670 g/mol. The van der Waals surface area contributed by atoms with E-state index in [-0.39, 0.29) is 54.4 Å². The molecule has 2 N–H and O–H groups in total. The molecule has 6 rings (SSSR count). The Kier molecular flexibility index (Phi) is 7.47. The van der Waals surface area contributed by atoms with Crippen LogP contribution in [0.15, 0.2) is 12.3 Å². The van der Waals surface area contributed by atoms with Crippen molar-refractivity contribution in [2.75, 3.05) is 18.4 Å². The fourth-order valence-electron chi connectivity index (χ4n) is 7.98. The minimum Gasteiger partial charge on any atom is -0.471 e. The van der Waals surface area contributed by atoms with E-state index in [1.165, 1.54) is 22.1 Å². The molecule has 45 heavy (non-hydrogen) atoms. The molecule has 0 unspecified atom stereocenters. The molecule has 4 fully saturated rings. The predicted octanol–water partition coefficient (Wildman–Crippen LogP) is 3.11. The van der Waals surface area contributed by atoms with Gasteiger partial charge in [-0.15, -0.1) is 0 Å². The van der Waals surface area contributed by atoms with Crippen molar-refractivity contribution >= 4 is 52.6 Å². The molecule has 1 spiro atoms. The van der Waals surface area contributed by atoms with Gasteiger partial charge in [-0.25, -0.2) is 9.37 Å². The Labute approximate surface area is 266 Å². The van der Waals surface area contributed by atoms with Gasteiger partial charge < -0.3 is 25.2 Å². The highest BCUT2D eigenvalue weighted by molar-refractivity contribution is 6.32. The van der Waals surface area contributed by atoms with E-state index < -0.39 is 76.2 Å². The van der Waals surface area contributed by atoms with Gasteiger partial charge >= 0.3 is 11.3 Å². The second-order valence-corrected chi connectivity index (χ2v) is 14.6. The summed E-state index contributed by atoms with van der Waals surface area (Å²) in [6.45, 7) is 4.36. The summed E-state index contributed by atoms with van der Waals surface area (Å²) in [5, 5.41) is 10.7. The first-order chi connectivity index (χ1) is 20.9. The zero-order chi connectivity index (χ0) is 32.8. The molecule has 2 saturated carbocycles. The van der Waals surface area contributed by atoms with Crippen LogP contribution in [0.4, 0.5) is 19.0 Å². The largest absolute Gasteiger partial charge is 0.471 e. The van der Waals surface area contributed by atoms with Gasteiger partial charge in [0.15, 0.2) is 11.6 Å². The van der Waals surface area contributed by atoms with Crippen LogP contribution < -0.4 is 15.4 Å². The number of carbonyl (C=O) groups is 4. The Bertz CT molecular complexity index is 1510. The van der Waals surface area contributed by atoms with Gasteiger partial charge in [-0.3, -0.25) is 19.2 Å². The third kappa shape index (κ3) is 5.16. The summed E-state index contributed by atoms with van der Waals surface area (Å²) < 4.78 is 48.6. The molecular formula is C29H31Cl2F3N6O5. The van der Waals surface area contributed by atoms with Crippen molar-refractivity contribution in [1.29, 1.82) is 5.26 Å². The van der Waals surface area contributed by atoms with Gasteiger partial charge in [-0.1, -0.05) is 32.4 Å². The summed E-state index contributed by atoms with van der Waals surface area (Å²) in [6, 6.07) is -0.435. The van der Waals surface area contributed by atoms with E-state index in [9.17, 15) is 33.2 Å². The van der Waals surface area contributed by atoms with E-state index in [0.717, 1.165) is 0 Å². The van der Waals surface area contributed by atoms with Crippen LogP contribution in [0.5, 0.6) is 5.75 Å². The van der Waals surface area contributed by atoms with Gasteiger partial charge in [-0.2, -0.15) is 14.0 Å². The Morgan fingerprint density at radius 2 is 1.96 bits per heavy atom. The first-order valence-electron chi connectivity index (χ1n) is 14.6. The first-order valence-corrected chi connectivity index (χ1v) is 15.4. The third-order valence-electron chi connectivity index (χ3n) is 9.98. The maximum atomic E-state index is 15.2. The van der Waals surface area contributed by atoms with Crippen molar-refractivity contribution in [3.05, 3.63) is 17.3 Å². The number of hydrogen-bond acceptors (Lipinski definition) is 7. The Hall–Kier alpha value is -3.31. The van der Waals surface area contributed by atoms with Crippen LogP contribution >= 0.6 is 23.2 Å². The van der Waals surface area contributed by atoms with Gasteiger partial charge in [0.1, 0.15) is 24.3 Å². The van der Waals surface area contributed by atoms with E-state index >= 15 is 4.39 Å². The van der Waals surface area contributed by atoms with Crippen molar-refractivity contribution in [3.8, 4) is 11.8 Å². The van der Waals surface area contributed by atoms with Crippen LogP contribution in [0.1, 0.15) is 40.0 Å². The number of pyridine rings is 1. The summed E-state index contributed by atoms with van der Waals surface area (Å²) in [5.74, 6) is -5.21. The van der Waals surface area contributed by atoms with Crippen LogP contribution in [-0.2, 0) is 19.2 Å². The van der Waals surface area contributed by atoms with Crippen LogP contribution in [-0.4, -0.2) is 86.8 Å². The number of halogens is 5. The maximum absolute atomic E-state index is 15.2. The van der Waals surface area contributed by atoms with E-state index in [1.807, 2.05) is 5.32 Å². The molecule has 9 atom stereocenters. The normalized spacial score (nSPS) is 34.1. The number of aromatic nitrogens is 1. The molecule has 16 heteroatoms. The zero-order valence-corrected chi connectivity index (χ0v) is 26.0. The summed E-state index contributed by atoms with van der Waals surface area (Å²) in [6.07, 6.45) is 0.728. The Balaban J connectivity index is 1.35. The molecule has 0 radical (unpaired) electrons. The number of nitriles is 1. The molecule has 4 amide bonds. The van der Waals surface area contributed by atoms with E-state index in [1.54, 1.807) is 20.8 Å². The van der Waals surface area contributed by atoms with Crippen molar-refractivity contribution in [3.63, 3.8) is 0 Å². The van der Waals surface area contributed by atoms with Crippen LogP contribution in [0.25, 0.3) is 0 Å². The van der Waals surface area contributed by atoms with Crippen molar-refractivity contribution < 1.29 is 37.1 Å². The minimum absolute atomic E-state index is 0.0399. The van der Waals surface area contributed by atoms with Gasteiger partial charge in [0.25, 0.3) is 5.91 Å². The third-order valence-corrected chi connectivity index (χ3v) is 10.4. The number of carbonyl (C=O) groups excluding carboxylic acids is 4. The molecule has 3 aliphatic heterocycles. The Morgan fingerprint density at radius 3 is 2.60 bits per heavy atom. The molecule has 1 aromatic rings. The summed E-state index contributed by atoms with van der Waals surface area (Å²) in [7, 11) is 0. The average Bonchev–Trinajstić information content (AvgIpc) is 3.70. The number of hydrogen-bond donors (Lipinski definition) is 2. The van der Waals surface area contributed by atoms with Crippen molar-refractivity contribution in [2.24, 2.45) is 29.1 Å². The second kappa shape index (κ2) is 10.6. The number of nitrogens with one attached hydrogen (secondary N) is 2. The zero-order valence-electron chi connectivity index (χ0n) is 24.5. The molecular weight excluding hydrogens is 640 g/mol. The average molecular weight is 672 g/mol. The van der Waals surface area contributed by atoms with Gasteiger partial charge in [0, 0.05) is 25.2 Å². The molecule has 5 aliphatic rings. The highest BCUT2D eigenvalue weighted by Gasteiger charge is 2.65. The van der Waals surface area contributed by atoms with Crippen molar-refractivity contribution in [1.82, 2.24) is 20.1 Å². The second-order valence-electron chi connectivity index (χ2n) is 13.7. The van der Waals surface area contributed by atoms with Crippen LogP contribution in [0, 0.1) is 40.4 Å². The molecule has 4 heterocycles. The van der Waals surface area contributed by atoms with Crippen molar-refractivity contribution in [2.45, 2.75) is 75.3 Å². The quantitative estimate of drug-likeness (QED) is 0.469. The number of anilines is 1. The fraction of sp³-hybridized carbons (Fsp3) is 0.655. The van der Waals surface area contributed by atoms with Crippen LogP contribution in [0.2, 0.25) is 5.02 Å². The van der Waals surface area contributed by atoms with Gasteiger partial charge in [-0.05, 0) is 53.5 Å². The maximum Gasteiger partial charge on any atom is 0.399 e. The lowest BCUT2D eigenvalue weighted by Crippen LogP contribution is -2.61. The fourth-order valence-corrected chi connectivity index (χ4v) is 8.18. The number of fused-ring (bicyclic) bond motifs is 6. The summed E-state index contributed by atoms with van der Waals surface area (Å²) >= 11 is 11.0. The number of nitrogens with zero attached hydrogens (tertiary/aromatic N) is 4. The molecule has 11 nitrogen and oxygen atoms in total. The molecule has 2 aliphatic carbocycles. The molecule has 1 aromatic heterocycles. The summed E-state index contributed by atoms with van der Waals surface area (Å²) in [4.78, 5) is 60.7.